The normalized spacial score (nSPS) is 11.8. The largest absolute Gasteiger partial charge is 0.494 e. The van der Waals surface area contributed by atoms with Crippen molar-refractivity contribution in [1.82, 2.24) is 0 Å². The standard InChI is InChI=1S/C19H21NO5/c1-4-25-18-8-7-15(9-13(18)3)16(19(21)22)10-14-6-5-12(2)17(11-14)20(23)24/h5-9,11,16H,4,10H2,1-3H3,(H,21,22). The number of ether oxygens (including phenoxy) is 1. The van der Waals surface area contributed by atoms with Crippen LogP contribution < -0.4 is 4.74 Å². The zero-order valence-electron chi connectivity index (χ0n) is 14.5. The zero-order chi connectivity index (χ0) is 18.6. The summed E-state index contributed by atoms with van der Waals surface area (Å²) in [4.78, 5) is 22.4. The van der Waals surface area contributed by atoms with Gasteiger partial charge in [0.2, 0.25) is 0 Å². The van der Waals surface area contributed by atoms with E-state index in [-0.39, 0.29) is 12.1 Å². The molecule has 0 saturated heterocycles. The number of nitro groups is 1. The van der Waals surface area contributed by atoms with Crippen LogP contribution in [0.1, 0.15) is 35.1 Å². The number of carboxylic acids is 1. The Bertz CT molecular complexity index is 800. The van der Waals surface area contributed by atoms with E-state index in [9.17, 15) is 20.0 Å². The van der Waals surface area contributed by atoms with E-state index >= 15 is 0 Å². The summed E-state index contributed by atoms with van der Waals surface area (Å²) in [5, 5.41) is 20.7. The highest BCUT2D eigenvalue weighted by Gasteiger charge is 2.22. The molecule has 0 radical (unpaired) electrons. The number of aliphatic carboxylic acids is 1. The summed E-state index contributed by atoms with van der Waals surface area (Å²) in [5.74, 6) is -1.02. The molecular weight excluding hydrogens is 322 g/mol. The SMILES string of the molecule is CCOc1ccc(C(Cc2ccc(C)c([N+](=O)[O-])c2)C(=O)O)cc1C. The molecule has 0 spiro atoms. The van der Waals surface area contributed by atoms with Crippen LogP contribution in [0.3, 0.4) is 0 Å². The van der Waals surface area contributed by atoms with E-state index in [0.717, 1.165) is 11.3 Å². The predicted octanol–water partition coefficient (Wildman–Crippen LogP) is 4.02. The van der Waals surface area contributed by atoms with Crippen LogP contribution in [0.2, 0.25) is 0 Å². The molecule has 2 aromatic carbocycles. The van der Waals surface area contributed by atoms with E-state index in [1.807, 2.05) is 13.8 Å². The Labute approximate surface area is 146 Å². The molecule has 2 aromatic rings. The van der Waals surface area contributed by atoms with Gasteiger partial charge in [-0.1, -0.05) is 24.3 Å². The van der Waals surface area contributed by atoms with Gasteiger partial charge in [0, 0.05) is 11.6 Å². The first kappa shape index (κ1) is 18.4. The number of carboxylic acid groups (broad SMARTS) is 1. The molecule has 25 heavy (non-hydrogen) atoms. The maximum absolute atomic E-state index is 11.7. The Hall–Kier alpha value is -2.89. The number of hydrogen-bond donors (Lipinski definition) is 1. The van der Waals surface area contributed by atoms with Crippen molar-refractivity contribution in [1.29, 1.82) is 0 Å². The van der Waals surface area contributed by atoms with Crippen molar-refractivity contribution in [2.24, 2.45) is 0 Å². The molecule has 0 aliphatic heterocycles. The van der Waals surface area contributed by atoms with Crippen LogP contribution >= 0.6 is 0 Å². The Kier molecular flexibility index (Phi) is 5.75. The minimum atomic E-state index is -0.966. The summed E-state index contributed by atoms with van der Waals surface area (Å²) in [6.45, 7) is 5.95. The third kappa shape index (κ3) is 4.35. The Morgan fingerprint density at radius 2 is 1.92 bits per heavy atom. The van der Waals surface area contributed by atoms with Crippen LogP contribution in [0, 0.1) is 24.0 Å². The molecule has 0 bridgehead atoms. The molecule has 0 aliphatic carbocycles. The minimum absolute atomic E-state index is 0.00418. The molecule has 0 saturated carbocycles. The number of aryl methyl sites for hydroxylation is 2. The van der Waals surface area contributed by atoms with Crippen LogP contribution in [0.4, 0.5) is 5.69 Å². The Balaban J connectivity index is 2.34. The van der Waals surface area contributed by atoms with Crippen LogP contribution in [-0.2, 0) is 11.2 Å². The lowest BCUT2D eigenvalue weighted by Gasteiger charge is -2.15. The number of nitrogens with zero attached hydrogens (tertiary/aromatic N) is 1. The summed E-state index contributed by atoms with van der Waals surface area (Å²) in [5.41, 5.74) is 2.69. The summed E-state index contributed by atoms with van der Waals surface area (Å²) in [7, 11) is 0. The fraction of sp³-hybridized carbons (Fsp3) is 0.316. The maximum atomic E-state index is 11.7. The first-order valence-electron chi connectivity index (χ1n) is 8.03. The average Bonchev–Trinajstić information content (AvgIpc) is 2.55. The first-order chi connectivity index (χ1) is 11.8. The lowest BCUT2D eigenvalue weighted by Crippen LogP contribution is -2.15. The predicted molar refractivity (Wildman–Crippen MR) is 94.3 cm³/mol. The van der Waals surface area contributed by atoms with Gasteiger partial charge in [-0.3, -0.25) is 14.9 Å². The first-order valence-corrected chi connectivity index (χ1v) is 8.03. The lowest BCUT2D eigenvalue weighted by molar-refractivity contribution is -0.385. The number of carbonyl (C=O) groups is 1. The van der Waals surface area contributed by atoms with Gasteiger partial charge in [-0.25, -0.2) is 0 Å². The summed E-state index contributed by atoms with van der Waals surface area (Å²) in [6.07, 6.45) is 0.184. The van der Waals surface area contributed by atoms with Gasteiger partial charge in [-0.15, -0.1) is 0 Å². The van der Waals surface area contributed by atoms with Crippen molar-refractivity contribution in [3.63, 3.8) is 0 Å². The highest BCUT2D eigenvalue weighted by Crippen LogP contribution is 2.28. The number of hydrogen-bond acceptors (Lipinski definition) is 4. The van der Waals surface area contributed by atoms with Gasteiger partial charge in [-0.2, -0.15) is 0 Å². The fourth-order valence-electron chi connectivity index (χ4n) is 2.77. The van der Waals surface area contributed by atoms with Gasteiger partial charge in [-0.05, 0) is 49.9 Å². The number of benzene rings is 2. The second-order valence-electron chi connectivity index (χ2n) is 5.93. The quantitative estimate of drug-likeness (QED) is 0.606. The van der Waals surface area contributed by atoms with Gasteiger partial charge in [0.25, 0.3) is 5.69 Å². The van der Waals surface area contributed by atoms with E-state index < -0.39 is 16.8 Å². The van der Waals surface area contributed by atoms with E-state index in [0.29, 0.717) is 23.3 Å². The summed E-state index contributed by atoms with van der Waals surface area (Å²) < 4.78 is 5.48. The molecular formula is C19H21NO5. The van der Waals surface area contributed by atoms with Crippen LogP contribution in [-0.4, -0.2) is 22.6 Å². The van der Waals surface area contributed by atoms with Crippen LogP contribution in [0.15, 0.2) is 36.4 Å². The minimum Gasteiger partial charge on any atom is -0.494 e. The monoisotopic (exact) mass is 343 g/mol. The molecule has 0 aromatic heterocycles. The second-order valence-corrected chi connectivity index (χ2v) is 5.93. The van der Waals surface area contributed by atoms with Gasteiger partial charge in [0.15, 0.2) is 0 Å². The molecule has 0 aliphatic rings. The van der Waals surface area contributed by atoms with Gasteiger partial charge < -0.3 is 9.84 Å². The molecule has 0 amide bonds. The van der Waals surface area contributed by atoms with Crippen LogP contribution in [0.25, 0.3) is 0 Å². The maximum Gasteiger partial charge on any atom is 0.311 e. The van der Waals surface area contributed by atoms with Gasteiger partial charge >= 0.3 is 5.97 Å². The molecule has 0 fully saturated rings. The Morgan fingerprint density at radius 3 is 2.48 bits per heavy atom. The third-order valence-corrected chi connectivity index (χ3v) is 4.11. The molecule has 1 unspecified atom stereocenters. The molecule has 132 valence electrons. The van der Waals surface area contributed by atoms with Gasteiger partial charge in [0.05, 0.1) is 17.4 Å². The van der Waals surface area contributed by atoms with E-state index in [2.05, 4.69) is 0 Å². The Morgan fingerprint density at radius 1 is 1.20 bits per heavy atom. The summed E-state index contributed by atoms with van der Waals surface area (Å²) in [6, 6.07) is 10.1. The molecule has 1 atom stereocenters. The lowest BCUT2D eigenvalue weighted by atomic mass is 9.90. The molecule has 6 heteroatoms. The van der Waals surface area contributed by atoms with Crippen molar-refractivity contribution in [2.45, 2.75) is 33.1 Å². The summed E-state index contributed by atoms with van der Waals surface area (Å²) >= 11 is 0. The molecule has 2 rings (SSSR count). The molecule has 1 N–H and O–H groups in total. The van der Waals surface area contributed by atoms with Crippen molar-refractivity contribution in [3.05, 3.63) is 68.8 Å². The number of nitro benzene ring substituents is 1. The zero-order valence-corrected chi connectivity index (χ0v) is 14.5. The highest BCUT2D eigenvalue weighted by atomic mass is 16.6. The van der Waals surface area contributed by atoms with Crippen molar-refractivity contribution in [2.75, 3.05) is 6.61 Å². The number of rotatable bonds is 7. The van der Waals surface area contributed by atoms with Crippen molar-refractivity contribution < 1.29 is 19.6 Å². The topological polar surface area (TPSA) is 89.7 Å². The molecule has 0 heterocycles. The highest BCUT2D eigenvalue weighted by molar-refractivity contribution is 5.77. The van der Waals surface area contributed by atoms with Crippen molar-refractivity contribution >= 4 is 11.7 Å². The third-order valence-electron chi connectivity index (χ3n) is 4.11. The smallest absolute Gasteiger partial charge is 0.311 e. The van der Waals surface area contributed by atoms with E-state index in [1.165, 1.54) is 6.07 Å². The van der Waals surface area contributed by atoms with Gasteiger partial charge in [0.1, 0.15) is 5.75 Å². The van der Waals surface area contributed by atoms with E-state index in [4.69, 9.17) is 4.74 Å². The van der Waals surface area contributed by atoms with Crippen molar-refractivity contribution in [3.8, 4) is 5.75 Å². The van der Waals surface area contributed by atoms with Crippen LogP contribution in [0.5, 0.6) is 5.75 Å². The second kappa shape index (κ2) is 7.79. The average molecular weight is 343 g/mol. The fourth-order valence-corrected chi connectivity index (χ4v) is 2.77. The molecule has 6 nitrogen and oxygen atoms in total. The van der Waals surface area contributed by atoms with E-state index in [1.54, 1.807) is 37.3 Å².